The highest BCUT2D eigenvalue weighted by molar-refractivity contribution is 5.96. The summed E-state index contributed by atoms with van der Waals surface area (Å²) < 4.78 is 98.6. The zero-order valence-corrected chi connectivity index (χ0v) is 10.2. The lowest BCUT2D eigenvalue weighted by molar-refractivity contribution is -0.267. The fourth-order valence-electron chi connectivity index (χ4n) is 1.36. The molecule has 0 heterocycles. The third kappa shape index (κ3) is 3.82. The van der Waals surface area contributed by atoms with Gasteiger partial charge in [0.25, 0.3) is 0 Å². The summed E-state index contributed by atoms with van der Waals surface area (Å²) in [4.78, 5) is 10.9. The van der Waals surface area contributed by atoms with Gasteiger partial charge in [0.2, 0.25) is 0 Å². The van der Waals surface area contributed by atoms with Crippen LogP contribution >= 0.6 is 0 Å². The lowest BCUT2D eigenvalue weighted by atomic mass is 10.1. The van der Waals surface area contributed by atoms with Crippen molar-refractivity contribution in [3.63, 3.8) is 0 Å². The fraction of sp³-hybridized carbons (Fsp3) is 0.364. The fourth-order valence-corrected chi connectivity index (χ4v) is 1.36. The van der Waals surface area contributed by atoms with Crippen LogP contribution in [0.1, 0.15) is 11.1 Å². The zero-order valence-electron chi connectivity index (χ0n) is 10.2. The van der Waals surface area contributed by atoms with Crippen LogP contribution in [0.3, 0.4) is 0 Å². The van der Waals surface area contributed by atoms with Crippen molar-refractivity contribution in [3.05, 3.63) is 29.3 Å². The number of hydrogen-bond acceptors (Lipinski definition) is 1. The number of aryl methyl sites for hydroxylation is 1. The Kier molecular flexibility index (Phi) is 4.22. The number of anilines is 1. The second-order valence-electron chi connectivity index (χ2n) is 4.11. The first-order valence-corrected chi connectivity index (χ1v) is 5.20. The van der Waals surface area contributed by atoms with Gasteiger partial charge >= 0.3 is 24.2 Å². The minimum Gasteiger partial charge on any atom is -0.321 e. The average Bonchev–Trinajstić information content (AvgIpc) is 2.25. The van der Waals surface area contributed by atoms with Gasteiger partial charge in [-0.15, -0.1) is 0 Å². The minimum atomic E-state index is -6.15. The first-order chi connectivity index (χ1) is 9.25. The van der Waals surface area contributed by atoms with Crippen LogP contribution in [0.5, 0.6) is 0 Å². The molecule has 0 unspecified atom stereocenters. The van der Waals surface area contributed by atoms with E-state index in [-0.39, 0.29) is 11.6 Å². The van der Waals surface area contributed by atoms with E-state index in [0.717, 1.165) is 18.3 Å². The molecule has 0 aliphatic carbocycles. The monoisotopic (exact) mass is 321 g/mol. The highest BCUT2D eigenvalue weighted by Gasteiger charge is 2.63. The molecule has 0 atom stereocenters. The first kappa shape index (κ1) is 17.2. The number of carbonyl (C=O) groups is 1. The maximum absolute atomic E-state index is 12.7. The van der Waals surface area contributed by atoms with Gasteiger partial charge in [-0.05, 0) is 30.7 Å². The molecule has 0 saturated heterocycles. The van der Waals surface area contributed by atoms with Crippen LogP contribution in [0.25, 0.3) is 0 Å². The van der Waals surface area contributed by atoms with E-state index in [1.165, 1.54) is 0 Å². The van der Waals surface area contributed by atoms with E-state index in [0.29, 0.717) is 6.07 Å². The molecule has 2 nitrogen and oxygen atoms in total. The molecule has 1 amide bonds. The topological polar surface area (TPSA) is 29.1 Å². The van der Waals surface area contributed by atoms with Gasteiger partial charge < -0.3 is 5.32 Å². The van der Waals surface area contributed by atoms with Crippen LogP contribution in [0.15, 0.2) is 18.2 Å². The summed E-state index contributed by atoms with van der Waals surface area (Å²) in [5, 5.41) is 1.13. The Morgan fingerprint density at radius 2 is 1.48 bits per heavy atom. The van der Waals surface area contributed by atoms with E-state index >= 15 is 0 Å². The molecule has 0 bridgehead atoms. The van der Waals surface area contributed by atoms with Gasteiger partial charge in [0, 0.05) is 5.69 Å². The highest BCUT2D eigenvalue weighted by Crippen LogP contribution is 2.37. The second-order valence-corrected chi connectivity index (χ2v) is 4.11. The van der Waals surface area contributed by atoms with Crippen molar-refractivity contribution in [1.82, 2.24) is 0 Å². The van der Waals surface area contributed by atoms with Crippen LogP contribution in [0.4, 0.5) is 40.8 Å². The number of amides is 1. The summed E-state index contributed by atoms with van der Waals surface area (Å²) in [6, 6.07) is 1.74. The van der Waals surface area contributed by atoms with Crippen molar-refractivity contribution in [2.24, 2.45) is 0 Å². The smallest absolute Gasteiger partial charge is 0.321 e. The molecule has 0 spiro atoms. The normalized spacial score (nSPS) is 13.2. The van der Waals surface area contributed by atoms with Crippen molar-refractivity contribution in [2.75, 3.05) is 5.32 Å². The predicted octanol–water partition coefficient (Wildman–Crippen LogP) is 4.15. The lowest BCUT2D eigenvalue weighted by Crippen LogP contribution is -2.47. The predicted molar refractivity (Wildman–Crippen MR) is 55.8 cm³/mol. The number of rotatable bonds is 2. The van der Waals surface area contributed by atoms with E-state index in [9.17, 15) is 39.9 Å². The van der Waals surface area contributed by atoms with Crippen LogP contribution in [0.2, 0.25) is 0 Å². The van der Waals surface area contributed by atoms with Gasteiger partial charge in [0.1, 0.15) is 0 Å². The van der Waals surface area contributed by atoms with E-state index in [1.54, 1.807) is 0 Å². The SMILES string of the molecule is Cc1cc(NC(=O)C(F)(F)C(F)(F)F)cc(C(F)(F)F)c1. The Bertz CT molecular complexity index is 546. The molecular weight excluding hydrogens is 314 g/mol. The van der Waals surface area contributed by atoms with Crippen LogP contribution in [0, 0.1) is 6.92 Å². The Morgan fingerprint density at radius 3 is 1.90 bits per heavy atom. The number of benzene rings is 1. The summed E-state index contributed by atoms with van der Waals surface area (Å²) in [5.74, 6) is -8.47. The van der Waals surface area contributed by atoms with Crippen molar-refractivity contribution < 1.29 is 39.9 Å². The van der Waals surface area contributed by atoms with Crippen molar-refractivity contribution in [2.45, 2.75) is 25.2 Å². The summed E-state index contributed by atoms with van der Waals surface area (Å²) in [6.45, 7) is 1.16. The number of alkyl halides is 8. The Hall–Kier alpha value is -1.87. The van der Waals surface area contributed by atoms with Crippen LogP contribution in [-0.2, 0) is 11.0 Å². The quantitative estimate of drug-likeness (QED) is 0.815. The third-order valence-electron chi connectivity index (χ3n) is 2.30. The summed E-state index contributed by atoms with van der Waals surface area (Å²) in [6.07, 6.45) is -11.0. The Labute approximate surface area is 112 Å². The van der Waals surface area contributed by atoms with Gasteiger partial charge in [0.05, 0.1) is 5.56 Å². The molecule has 21 heavy (non-hydrogen) atoms. The molecule has 118 valence electrons. The molecule has 0 fully saturated rings. The number of carbonyl (C=O) groups excluding carboxylic acids is 1. The Morgan fingerprint density at radius 1 is 0.952 bits per heavy atom. The van der Waals surface area contributed by atoms with Gasteiger partial charge in [-0.25, -0.2) is 0 Å². The molecule has 0 radical (unpaired) electrons. The minimum absolute atomic E-state index is 0.0737. The van der Waals surface area contributed by atoms with E-state index in [1.807, 2.05) is 0 Å². The molecule has 1 N–H and O–H groups in total. The molecule has 0 aliphatic heterocycles. The molecule has 0 aromatic heterocycles. The maximum Gasteiger partial charge on any atom is 0.463 e. The van der Waals surface area contributed by atoms with Crippen molar-refractivity contribution >= 4 is 11.6 Å². The standard InChI is InChI=1S/C11H7F8NO/c1-5-2-6(10(14,15)16)4-7(3-5)20-8(21)9(12,13)11(17,18)19/h2-4H,1H3,(H,20,21). The molecule has 1 aromatic carbocycles. The lowest BCUT2D eigenvalue weighted by Gasteiger charge is -2.19. The number of halogens is 8. The van der Waals surface area contributed by atoms with Gasteiger partial charge in [-0.1, -0.05) is 0 Å². The molecule has 0 aliphatic rings. The molecule has 10 heteroatoms. The summed E-state index contributed by atoms with van der Waals surface area (Å²) >= 11 is 0. The third-order valence-corrected chi connectivity index (χ3v) is 2.30. The molecule has 0 saturated carbocycles. The molecule has 1 aromatic rings. The van der Waals surface area contributed by atoms with Crippen LogP contribution < -0.4 is 5.32 Å². The number of nitrogens with one attached hydrogen (secondary N) is 1. The first-order valence-electron chi connectivity index (χ1n) is 5.20. The largest absolute Gasteiger partial charge is 0.463 e. The highest BCUT2D eigenvalue weighted by atomic mass is 19.4. The number of hydrogen-bond donors (Lipinski definition) is 1. The molecule has 1 rings (SSSR count). The summed E-state index contributed by atoms with van der Waals surface area (Å²) in [7, 11) is 0. The Balaban J connectivity index is 3.10. The van der Waals surface area contributed by atoms with Crippen molar-refractivity contribution in [3.8, 4) is 0 Å². The van der Waals surface area contributed by atoms with E-state index in [4.69, 9.17) is 0 Å². The van der Waals surface area contributed by atoms with Gasteiger partial charge in [-0.2, -0.15) is 35.1 Å². The average molecular weight is 321 g/mol. The second kappa shape index (κ2) is 5.15. The van der Waals surface area contributed by atoms with Crippen molar-refractivity contribution in [1.29, 1.82) is 0 Å². The zero-order chi connectivity index (χ0) is 16.6. The van der Waals surface area contributed by atoms with E-state index in [2.05, 4.69) is 0 Å². The summed E-state index contributed by atoms with van der Waals surface area (Å²) in [5.41, 5.74) is -2.17. The van der Waals surface area contributed by atoms with Gasteiger partial charge in [0.15, 0.2) is 0 Å². The van der Waals surface area contributed by atoms with Gasteiger partial charge in [-0.3, -0.25) is 4.79 Å². The van der Waals surface area contributed by atoms with Crippen LogP contribution in [-0.4, -0.2) is 18.0 Å². The molecular formula is C11H7F8NO. The van der Waals surface area contributed by atoms with E-state index < -0.39 is 35.4 Å². The maximum atomic E-state index is 12.7.